The Hall–Kier alpha value is -0.326. The van der Waals surface area contributed by atoms with Crippen molar-refractivity contribution in [3.63, 3.8) is 0 Å². The van der Waals surface area contributed by atoms with Gasteiger partial charge in [-0.05, 0) is 0 Å². The summed E-state index contributed by atoms with van der Waals surface area (Å²) in [5.41, 5.74) is 0. The molecule has 0 saturated carbocycles. The van der Waals surface area contributed by atoms with Gasteiger partial charge in [0.15, 0.2) is 0 Å². The van der Waals surface area contributed by atoms with Crippen molar-refractivity contribution in [3.8, 4) is 0 Å². The molecule has 0 amide bonds. The Balaban J connectivity index is 2.76. The van der Waals surface area contributed by atoms with Gasteiger partial charge >= 0.3 is 73.0 Å². The SMILES string of the molecule is O=[N+]([O-])C1=N[N]([Ti])SC=C1. The van der Waals surface area contributed by atoms with Gasteiger partial charge in [0.1, 0.15) is 0 Å². The standard InChI is InChI=1S/C3H2N3O2S.Ti/c7-6(8)3-1-2-9-5-4-3;/h1-2H;/q-1;+1. The summed E-state index contributed by atoms with van der Waals surface area (Å²) in [6, 6.07) is 0. The number of rotatable bonds is 0. The molecular weight excluding hydrogens is 190 g/mol. The van der Waals surface area contributed by atoms with Gasteiger partial charge in [0, 0.05) is 0 Å². The van der Waals surface area contributed by atoms with E-state index in [1.807, 2.05) is 0 Å². The Morgan fingerprint density at radius 2 is 2.60 bits per heavy atom. The number of nitro groups is 1. The van der Waals surface area contributed by atoms with Crippen molar-refractivity contribution in [2.75, 3.05) is 0 Å². The molecule has 0 aliphatic carbocycles. The summed E-state index contributed by atoms with van der Waals surface area (Å²) in [5.74, 6) is -0.124. The van der Waals surface area contributed by atoms with Gasteiger partial charge in [-0.25, -0.2) is 0 Å². The number of hydrazone groups is 1. The summed E-state index contributed by atoms with van der Waals surface area (Å²) in [4.78, 5) is 9.57. The van der Waals surface area contributed by atoms with E-state index in [0.717, 1.165) is 0 Å². The molecule has 0 spiro atoms. The van der Waals surface area contributed by atoms with E-state index >= 15 is 0 Å². The molecule has 1 aliphatic heterocycles. The first kappa shape index (κ1) is 7.78. The number of hydrogen-bond donors (Lipinski definition) is 0. The van der Waals surface area contributed by atoms with Crippen LogP contribution < -0.4 is 0 Å². The molecule has 0 N–H and O–H groups in total. The van der Waals surface area contributed by atoms with Crippen molar-refractivity contribution in [1.29, 1.82) is 0 Å². The van der Waals surface area contributed by atoms with E-state index in [0.29, 0.717) is 0 Å². The molecule has 1 rings (SSSR count). The van der Waals surface area contributed by atoms with Crippen LogP contribution in [0.15, 0.2) is 16.6 Å². The molecule has 1 heterocycles. The monoisotopic (exact) mass is 192 g/mol. The molecule has 0 aromatic heterocycles. The summed E-state index contributed by atoms with van der Waals surface area (Å²) in [6.07, 6.45) is 1.37. The van der Waals surface area contributed by atoms with Gasteiger partial charge in [-0.3, -0.25) is 0 Å². The van der Waals surface area contributed by atoms with Crippen molar-refractivity contribution in [3.05, 3.63) is 21.6 Å². The van der Waals surface area contributed by atoms with Gasteiger partial charge in [-0.15, -0.1) is 0 Å². The van der Waals surface area contributed by atoms with Gasteiger partial charge in [0.2, 0.25) is 0 Å². The van der Waals surface area contributed by atoms with Crippen LogP contribution in [0.1, 0.15) is 0 Å². The molecule has 5 nitrogen and oxygen atoms in total. The third-order valence-corrected chi connectivity index (χ3v) is 1.95. The molecular formula is C3H2N3O2STi. The molecule has 0 aromatic rings. The van der Waals surface area contributed by atoms with Crippen LogP contribution in [0, 0.1) is 10.1 Å². The van der Waals surface area contributed by atoms with Crippen molar-refractivity contribution in [2.24, 2.45) is 5.10 Å². The average molecular weight is 192 g/mol. The van der Waals surface area contributed by atoms with Crippen molar-refractivity contribution < 1.29 is 25.6 Å². The summed E-state index contributed by atoms with van der Waals surface area (Å²) in [5, 5.41) is 15.3. The number of hydrogen-bond acceptors (Lipinski definition) is 5. The van der Waals surface area contributed by atoms with Gasteiger partial charge in [0.25, 0.3) is 0 Å². The predicted octanol–water partition coefficient (Wildman–Crippen LogP) is 0.516. The van der Waals surface area contributed by atoms with Gasteiger partial charge < -0.3 is 0 Å². The Labute approximate surface area is 73.1 Å². The Kier molecular flexibility index (Phi) is 2.47. The topological polar surface area (TPSA) is 58.7 Å². The Morgan fingerprint density at radius 3 is 3.00 bits per heavy atom. The second-order valence-electron chi connectivity index (χ2n) is 1.40. The maximum atomic E-state index is 10.1. The minimum atomic E-state index is -0.521. The van der Waals surface area contributed by atoms with Gasteiger partial charge in [-0.2, -0.15) is 0 Å². The van der Waals surface area contributed by atoms with E-state index in [1.54, 1.807) is 26.1 Å². The fourth-order valence-corrected chi connectivity index (χ4v) is 1.27. The van der Waals surface area contributed by atoms with E-state index in [-0.39, 0.29) is 5.84 Å². The predicted molar refractivity (Wildman–Crippen MR) is 33.0 cm³/mol. The molecule has 1 aliphatic rings. The second kappa shape index (κ2) is 3.18. The molecule has 0 unspecified atom stereocenters. The molecule has 51 valence electrons. The van der Waals surface area contributed by atoms with E-state index in [9.17, 15) is 10.1 Å². The fourth-order valence-electron chi connectivity index (χ4n) is 0.396. The molecule has 10 heavy (non-hydrogen) atoms. The zero-order chi connectivity index (χ0) is 7.56. The van der Waals surface area contributed by atoms with Crippen LogP contribution in [-0.2, 0) is 20.7 Å². The molecule has 0 fully saturated rings. The molecule has 7 heteroatoms. The molecule has 0 bridgehead atoms. The van der Waals surface area contributed by atoms with Crippen molar-refractivity contribution in [1.82, 2.24) is 2.90 Å². The van der Waals surface area contributed by atoms with E-state index in [4.69, 9.17) is 0 Å². The summed E-state index contributed by atoms with van der Waals surface area (Å²) >= 11 is 2.95. The molecule has 0 atom stereocenters. The van der Waals surface area contributed by atoms with E-state index < -0.39 is 4.92 Å². The van der Waals surface area contributed by atoms with Crippen LogP contribution in [0.5, 0.6) is 0 Å². The van der Waals surface area contributed by atoms with Crippen LogP contribution in [0.25, 0.3) is 0 Å². The van der Waals surface area contributed by atoms with Crippen LogP contribution >= 0.6 is 11.9 Å². The Bertz CT molecular complexity index is 216. The summed E-state index contributed by atoms with van der Waals surface area (Å²) < 4.78 is 1.43. The number of nitrogens with zero attached hydrogens (tertiary/aromatic N) is 3. The third kappa shape index (κ3) is 1.83. The minimum absolute atomic E-state index is 0.124. The Morgan fingerprint density at radius 1 is 1.90 bits per heavy atom. The normalized spacial score (nSPS) is 16.7. The van der Waals surface area contributed by atoms with Crippen molar-refractivity contribution in [2.45, 2.75) is 0 Å². The zero-order valence-corrected chi connectivity index (χ0v) is 7.10. The van der Waals surface area contributed by atoms with E-state index in [2.05, 4.69) is 5.10 Å². The van der Waals surface area contributed by atoms with Crippen molar-refractivity contribution >= 4 is 17.8 Å². The first-order valence-corrected chi connectivity index (χ1v) is 3.81. The quantitative estimate of drug-likeness (QED) is 0.243. The van der Waals surface area contributed by atoms with Crippen LogP contribution in [-0.4, -0.2) is 13.7 Å². The molecule has 0 saturated heterocycles. The van der Waals surface area contributed by atoms with Crippen LogP contribution in [0.4, 0.5) is 0 Å². The number of amidine groups is 1. The fraction of sp³-hybridized carbons (Fsp3) is 0. The van der Waals surface area contributed by atoms with Crippen LogP contribution in [0.3, 0.4) is 0 Å². The summed E-state index contributed by atoms with van der Waals surface area (Å²) in [7, 11) is 0. The van der Waals surface area contributed by atoms with Gasteiger partial charge in [0.05, 0.1) is 0 Å². The first-order chi connectivity index (χ1) is 4.70. The molecule has 0 radical (unpaired) electrons. The van der Waals surface area contributed by atoms with E-state index in [1.165, 1.54) is 20.9 Å². The average Bonchev–Trinajstić information content (AvgIpc) is 1.88. The zero-order valence-electron chi connectivity index (χ0n) is 4.72. The maximum absolute atomic E-state index is 10.1. The third-order valence-electron chi connectivity index (χ3n) is 0.758. The first-order valence-electron chi connectivity index (χ1n) is 2.28. The summed E-state index contributed by atoms with van der Waals surface area (Å²) in [6.45, 7) is 0. The van der Waals surface area contributed by atoms with Crippen LogP contribution in [0.2, 0.25) is 0 Å². The molecule has 0 aromatic carbocycles. The van der Waals surface area contributed by atoms with Gasteiger partial charge in [-0.1, -0.05) is 0 Å². The second-order valence-corrected chi connectivity index (χ2v) is 3.39.